The second-order valence-corrected chi connectivity index (χ2v) is 16.5. The van der Waals surface area contributed by atoms with Crippen LogP contribution in [0.1, 0.15) is 55.9 Å². The molecule has 0 fully saturated rings. The molecule has 2 nitrogen and oxygen atoms in total. The van der Waals surface area contributed by atoms with Gasteiger partial charge in [-0.2, -0.15) is 0 Å². The van der Waals surface area contributed by atoms with E-state index in [2.05, 4.69) is 189 Å². The van der Waals surface area contributed by atoms with Crippen molar-refractivity contribution in [3.63, 3.8) is 0 Å². The number of aryl methyl sites for hydroxylation is 3. The van der Waals surface area contributed by atoms with E-state index in [1.165, 1.54) is 108 Å². The van der Waals surface area contributed by atoms with Crippen LogP contribution in [0, 0.1) is 6.92 Å². The van der Waals surface area contributed by atoms with E-state index in [-0.39, 0.29) is 12.1 Å². The van der Waals surface area contributed by atoms with Crippen molar-refractivity contribution in [3.8, 4) is 22.3 Å². The first-order valence-electron chi connectivity index (χ1n) is 19.7. The highest BCUT2D eigenvalue weighted by Gasteiger charge is 2.44. The van der Waals surface area contributed by atoms with Crippen LogP contribution in [0.2, 0.25) is 0 Å². The Kier molecular flexibility index (Phi) is 7.70. The SMILES string of the molecule is Cc1cc2c3c(c1)N(c1ccc(C(C)(C)C)cc1-c1ccccc1)c1ccc(-c4ccccc4)cc1B3c1cc3c(cc1N2c1ccccc1)CCCC3. The molecule has 7 aromatic rings. The Morgan fingerprint density at radius 3 is 1.76 bits per heavy atom. The molecular weight excluding hydrogens is 651 g/mol. The monoisotopic (exact) mass is 696 g/mol. The molecule has 0 spiro atoms. The van der Waals surface area contributed by atoms with Gasteiger partial charge in [0.25, 0.3) is 6.71 Å². The van der Waals surface area contributed by atoms with Crippen molar-refractivity contribution < 1.29 is 0 Å². The fraction of sp³-hybridized carbons (Fsp3) is 0.176. The van der Waals surface area contributed by atoms with E-state index in [1.807, 2.05) is 0 Å². The van der Waals surface area contributed by atoms with Crippen LogP contribution in [0.25, 0.3) is 22.3 Å². The van der Waals surface area contributed by atoms with Crippen molar-refractivity contribution >= 4 is 57.2 Å². The van der Waals surface area contributed by atoms with Crippen molar-refractivity contribution in [3.05, 3.63) is 174 Å². The van der Waals surface area contributed by atoms with Crippen LogP contribution in [0.5, 0.6) is 0 Å². The normalized spacial score (nSPS) is 14.3. The zero-order valence-corrected chi connectivity index (χ0v) is 31.7. The first-order chi connectivity index (χ1) is 26.3. The zero-order chi connectivity index (χ0) is 36.6. The van der Waals surface area contributed by atoms with Crippen molar-refractivity contribution in [2.45, 2.75) is 58.8 Å². The van der Waals surface area contributed by atoms with Crippen molar-refractivity contribution in [2.75, 3.05) is 9.80 Å². The fourth-order valence-corrected chi connectivity index (χ4v) is 9.34. The summed E-state index contributed by atoms with van der Waals surface area (Å²) in [6, 6.07) is 57.4. The number of anilines is 6. The molecule has 0 radical (unpaired) electrons. The molecule has 7 aromatic carbocycles. The molecule has 0 aromatic heterocycles. The van der Waals surface area contributed by atoms with Crippen LogP contribution < -0.4 is 26.2 Å². The first kappa shape index (κ1) is 32.8. The average Bonchev–Trinajstić information content (AvgIpc) is 3.20. The fourth-order valence-electron chi connectivity index (χ4n) is 9.34. The van der Waals surface area contributed by atoms with Crippen LogP contribution >= 0.6 is 0 Å². The van der Waals surface area contributed by atoms with Gasteiger partial charge in [-0.05, 0) is 142 Å². The maximum absolute atomic E-state index is 2.60. The average molecular weight is 697 g/mol. The summed E-state index contributed by atoms with van der Waals surface area (Å²) in [5.74, 6) is 0. The number of hydrogen-bond acceptors (Lipinski definition) is 2. The van der Waals surface area contributed by atoms with Gasteiger partial charge in [0.05, 0.1) is 5.69 Å². The summed E-state index contributed by atoms with van der Waals surface area (Å²) in [5.41, 5.74) is 22.3. The topological polar surface area (TPSA) is 6.48 Å². The molecule has 2 heterocycles. The number of hydrogen-bond donors (Lipinski definition) is 0. The molecule has 0 saturated carbocycles. The summed E-state index contributed by atoms with van der Waals surface area (Å²) >= 11 is 0. The van der Waals surface area contributed by atoms with Crippen LogP contribution in [-0.2, 0) is 18.3 Å². The van der Waals surface area contributed by atoms with Crippen LogP contribution in [-0.4, -0.2) is 6.71 Å². The second kappa shape index (κ2) is 12.7. The largest absolute Gasteiger partial charge is 0.311 e. The number of nitrogens with zero attached hydrogens (tertiary/aromatic N) is 2. The highest BCUT2D eigenvalue weighted by Crippen LogP contribution is 2.48. The molecule has 2 aliphatic heterocycles. The molecule has 0 atom stereocenters. The van der Waals surface area contributed by atoms with E-state index in [0.29, 0.717) is 0 Å². The van der Waals surface area contributed by atoms with Crippen LogP contribution in [0.3, 0.4) is 0 Å². The van der Waals surface area contributed by atoms with Crippen molar-refractivity contribution in [2.24, 2.45) is 0 Å². The molecule has 0 bridgehead atoms. The molecule has 0 unspecified atom stereocenters. The highest BCUT2D eigenvalue weighted by molar-refractivity contribution is 7.00. The Morgan fingerprint density at radius 2 is 1.07 bits per heavy atom. The molecule has 0 N–H and O–H groups in total. The molecule has 3 heteroatoms. The van der Waals surface area contributed by atoms with Gasteiger partial charge in [-0.25, -0.2) is 0 Å². The molecular formula is C51H45BN2. The van der Waals surface area contributed by atoms with E-state index >= 15 is 0 Å². The minimum atomic E-state index is 0.0130. The molecule has 262 valence electrons. The molecule has 10 rings (SSSR count). The maximum Gasteiger partial charge on any atom is 0.252 e. The first-order valence-corrected chi connectivity index (χ1v) is 19.7. The Morgan fingerprint density at radius 1 is 0.481 bits per heavy atom. The quantitative estimate of drug-likeness (QED) is 0.169. The highest BCUT2D eigenvalue weighted by atomic mass is 15.2. The summed E-state index contributed by atoms with van der Waals surface area (Å²) < 4.78 is 0. The lowest BCUT2D eigenvalue weighted by Gasteiger charge is -2.45. The zero-order valence-electron chi connectivity index (χ0n) is 31.7. The van der Waals surface area contributed by atoms with Gasteiger partial charge in [-0.15, -0.1) is 0 Å². The molecule has 1 aliphatic carbocycles. The van der Waals surface area contributed by atoms with E-state index in [9.17, 15) is 0 Å². The van der Waals surface area contributed by atoms with E-state index in [0.717, 1.165) is 12.8 Å². The minimum absolute atomic E-state index is 0.0130. The Balaban J connectivity index is 1.31. The standard InChI is InChI=1S/C51H45BN2/c1-34-28-48-50-49(29-34)54(45-27-25-40(51(2,3)4)33-42(45)36-18-10-6-11-19-36)46-26-24-39(35-16-8-5-9-17-35)31-43(46)52(50)44-30-37-20-14-15-21-38(37)32-47(44)53(48)41-22-12-7-13-23-41/h5-13,16-19,22-33H,14-15,20-21H2,1-4H3. The third kappa shape index (κ3) is 5.32. The van der Waals surface area contributed by atoms with Gasteiger partial charge in [0.2, 0.25) is 0 Å². The lowest BCUT2D eigenvalue weighted by molar-refractivity contribution is 0.590. The van der Waals surface area contributed by atoms with Gasteiger partial charge >= 0.3 is 0 Å². The molecule has 54 heavy (non-hydrogen) atoms. The Bertz CT molecular complexity index is 2550. The van der Waals surface area contributed by atoms with Gasteiger partial charge in [-0.3, -0.25) is 0 Å². The summed E-state index contributed by atoms with van der Waals surface area (Å²) in [6.45, 7) is 9.29. The van der Waals surface area contributed by atoms with E-state index < -0.39 is 0 Å². The predicted molar refractivity (Wildman–Crippen MR) is 231 cm³/mol. The summed E-state index contributed by atoms with van der Waals surface area (Å²) in [5, 5.41) is 0. The van der Waals surface area contributed by atoms with Gasteiger partial charge in [0, 0.05) is 34.0 Å². The summed E-state index contributed by atoms with van der Waals surface area (Å²) in [6.07, 6.45) is 4.82. The third-order valence-corrected chi connectivity index (χ3v) is 12.0. The number of para-hydroxylation sites is 1. The minimum Gasteiger partial charge on any atom is -0.311 e. The molecule has 0 saturated heterocycles. The number of rotatable bonds is 4. The second-order valence-electron chi connectivity index (χ2n) is 16.5. The van der Waals surface area contributed by atoms with Gasteiger partial charge in [0.15, 0.2) is 0 Å². The van der Waals surface area contributed by atoms with Crippen LogP contribution in [0.4, 0.5) is 34.1 Å². The van der Waals surface area contributed by atoms with Gasteiger partial charge in [0.1, 0.15) is 0 Å². The summed E-state index contributed by atoms with van der Waals surface area (Å²) in [4.78, 5) is 5.16. The van der Waals surface area contributed by atoms with Crippen molar-refractivity contribution in [1.82, 2.24) is 0 Å². The smallest absolute Gasteiger partial charge is 0.252 e. The number of fused-ring (bicyclic) bond motifs is 5. The lowest BCUT2D eigenvalue weighted by Crippen LogP contribution is -2.61. The molecule has 0 amide bonds. The van der Waals surface area contributed by atoms with Gasteiger partial charge in [-0.1, -0.05) is 124 Å². The third-order valence-electron chi connectivity index (χ3n) is 12.0. The van der Waals surface area contributed by atoms with Crippen LogP contribution in [0.15, 0.2) is 152 Å². The van der Waals surface area contributed by atoms with E-state index in [4.69, 9.17) is 0 Å². The number of benzene rings is 7. The van der Waals surface area contributed by atoms with Gasteiger partial charge < -0.3 is 9.80 Å². The maximum atomic E-state index is 2.60. The summed E-state index contributed by atoms with van der Waals surface area (Å²) in [7, 11) is 0. The predicted octanol–water partition coefficient (Wildman–Crippen LogP) is 11.6. The lowest BCUT2D eigenvalue weighted by atomic mass is 9.33. The Labute approximate surface area is 320 Å². The van der Waals surface area contributed by atoms with E-state index in [1.54, 1.807) is 0 Å². The Hall–Kier alpha value is -5.80. The van der Waals surface area contributed by atoms with Crippen molar-refractivity contribution in [1.29, 1.82) is 0 Å². The molecule has 3 aliphatic rings.